The van der Waals surface area contributed by atoms with Crippen LogP contribution in [0.5, 0.6) is 0 Å². The van der Waals surface area contributed by atoms with Crippen molar-refractivity contribution in [2.45, 2.75) is 38.9 Å². The minimum absolute atomic E-state index is 0.142. The van der Waals surface area contributed by atoms with E-state index in [1.165, 1.54) is 10.7 Å². The van der Waals surface area contributed by atoms with E-state index in [1.54, 1.807) is 18.2 Å². The number of alkyl halides is 3. The number of unbranched alkanes of at least 4 members (excludes halogenated alkanes) is 2. The minimum Gasteiger partial charge on any atom is -0.267 e. The summed E-state index contributed by atoms with van der Waals surface area (Å²) in [5.74, 6) is -3.49. The molecule has 0 aliphatic heterocycles. The smallest absolute Gasteiger partial charge is 0.267 e. The molecule has 2 amide bonds. The van der Waals surface area contributed by atoms with Gasteiger partial charge in [-0.2, -0.15) is 18.3 Å². The van der Waals surface area contributed by atoms with Crippen LogP contribution in [0.25, 0.3) is 10.8 Å². The third-order valence-corrected chi connectivity index (χ3v) is 4.88. The Morgan fingerprint density at radius 3 is 2.33 bits per heavy atom. The molecule has 0 saturated carbocycles. The van der Waals surface area contributed by atoms with Crippen molar-refractivity contribution in [3.63, 3.8) is 0 Å². The normalized spacial score (nSPS) is 11.4. The number of hydrogen-bond acceptors (Lipinski definition) is 4. The summed E-state index contributed by atoms with van der Waals surface area (Å²) >= 11 is 0. The topological polar surface area (TPSA) is 93.1 Å². The Labute approximate surface area is 185 Å². The lowest BCUT2D eigenvalue weighted by atomic mass is 10.1. The lowest BCUT2D eigenvalue weighted by Crippen LogP contribution is -2.43. The highest BCUT2D eigenvalue weighted by Crippen LogP contribution is 2.31. The van der Waals surface area contributed by atoms with Crippen LogP contribution in [0.2, 0.25) is 0 Å². The fourth-order valence-corrected chi connectivity index (χ4v) is 3.19. The Bertz CT molecular complexity index is 1250. The molecular formula is C22H20F4N4O3. The van der Waals surface area contributed by atoms with Crippen LogP contribution in [0.3, 0.4) is 0 Å². The van der Waals surface area contributed by atoms with Crippen molar-refractivity contribution in [2.24, 2.45) is 0 Å². The van der Waals surface area contributed by atoms with Crippen LogP contribution in [-0.4, -0.2) is 21.6 Å². The molecule has 0 fully saturated rings. The maximum atomic E-state index is 13.4. The molecule has 0 bridgehead atoms. The Morgan fingerprint density at radius 1 is 1.00 bits per heavy atom. The number of rotatable bonds is 6. The molecule has 0 radical (unpaired) electrons. The minimum atomic E-state index is -4.99. The van der Waals surface area contributed by atoms with Gasteiger partial charge in [0.1, 0.15) is 5.82 Å². The molecule has 0 atom stereocenters. The van der Waals surface area contributed by atoms with Crippen molar-refractivity contribution in [1.82, 2.24) is 20.6 Å². The van der Waals surface area contributed by atoms with Crippen LogP contribution >= 0.6 is 0 Å². The summed E-state index contributed by atoms with van der Waals surface area (Å²) in [7, 11) is 0. The molecular weight excluding hydrogens is 444 g/mol. The SMILES string of the molecule is CCCCCn1nc(C(=O)NNC(=O)c2ccc(F)c(C(F)(F)F)c2)c2ccccc2c1=O. The first-order valence-electron chi connectivity index (χ1n) is 10.1. The van der Waals surface area contributed by atoms with Crippen LogP contribution in [0.1, 0.15) is 52.6 Å². The van der Waals surface area contributed by atoms with Crippen LogP contribution in [0.4, 0.5) is 17.6 Å². The lowest BCUT2D eigenvalue weighted by Gasteiger charge is -2.13. The second kappa shape index (κ2) is 9.80. The van der Waals surface area contributed by atoms with Crippen molar-refractivity contribution in [2.75, 3.05) is 0 Å². The van der Waals surface area contributed by atoms with Gasteiger partial charge in [0.05, 0.1) is 10.9 Å². The van der Waals surface area contributed by atoms with Gasteiger partial charge in [0.15, 0.2) is 5.69 Å². The van der Waals surface area contributed by atoms with Gasteiger partial charge in [-0.15, -0.1) is 0 Å². The van der Waals surface area contributed by atoms with Crippen LogP contribution in [-0.2, 0) is 12.7 Å². The highest BCUT2D eigenvalue weighted by molar-refractivity contribution is 6.06. The number of hydrogen-bond donors (Lipinski definition) is 2. The van der Waals surface area contributed by atoms with Crippen molar-refractivity contribution in [3.05, 3.63) is 75.5 Å². The summed E-state index contributed by atoms with van der Waals surface area (Å²) in [5.41, 5.74) is 1.46. The molecule has 7 nitrogen and oxygen atoms in total. The van der Waals surface area contributed by atoms with E-state index in [-0.39, 0.29) is 22.0 Å². The largest absolute Gasteiger partial charge is 0.419 e. The molecule has 0 saturated heterocycles. The second-order valence-electron chi connectivity index (χ2n) is 7.23. The molecule has 2 N–H and O–H groups in total. The zero-order valence-corrected chi connectivity index (χ0v) is 17.5. The number of carbonyl (C=O) groups excluding carboxylic acids is 2. The van der Waals surface area contributed by atoms with Crippen LogP contribution < -0.4 is 16.4 Å². The number of benzene rings is 2. The first kappa shape index (κ1) is 23.9. The number of amides is 2. The van der Waals surface area contributed by atoms with Crippen molar-refractivity contribution < 1.29 is 27.2 Å². The maximum absolute atomic E-state index is 13.4. The molecule has 11 heteroatoms. The van der Waals surface area contributed by atoms with Gasteiger partial charge in [0.25, 0.3) is 17.4 Å². The Balaban J connectivity index is 1.84. The zero-order chi connectivity index (χ0) is 24.2. The number of nitrogens with one attached hydrogen (secondary N) is 2. The maximum Gasteiger partial charge on any atom is 0.419 e. The third kappa shape index (κ3) is 5.36. The Hall–Kier alpha value is -3.76. The number of carbonyl (C=O) groups is 2. The van der Waals surface area contributed by atoms with Crippen LogP contribution in [0.15, 0.2) is 47.3 Å². The monoisotopic (exact) mass is 464 g/mol. The quantitative estimate of drug-likeness (QED) is 0.330. The molecule has 2 aromatic carbocycles. The highest BCUT2D eigenvalue weighted by atomic mass is 19.4. The Morgan fingerprint density at radius 2 is 1.67 bits per heavy atom. The number of fused-ring (bicyclic) bond motifs is 1. The molecule has 1 aromatic heterocycles. The number of aryl methyl sites for hydroxylation is 1. The number of aromatic nitrogens is 2. The molecule has 0 unspecified atom stereocenters. The van der Waals surface area contributed by atoms with Gasteiger partial charge in [-0.25, -0.2) is 9.07 Å². The molecule has 174 valence electrons. The average Bonchev–Trinajstić information content (AvgIpc) is 2.78. The van der Waals surface area contributed by atoms with E-state index in [0.717, 1.165) is 18.9 Å². The Kier molecular flexibility index (Phi) is 7.10. The predicted molar refractivity (Wildman–Crippen MR) is 112 cm³/mol. The third-order valence-electron chi connectivity index (χ3n) is 4.88. The van der Waals surface area contributed by atoms with Crippen molar-refractivity contribution >= 4 is 22.6 Å². The van der Waals surface area contributed by atoms with Gasteiger partial charge < -0.3 is 0 Å². The molecule has 1 heterocycles. The molecule has 33 heavy (non-hydrogen) atoms. The first-order chi connectivity index (χ1) is 15.6. The highest BCUT2D eigenvalue weighted by Gasteiger charge is 2.34. The van der Waals surface area contributed by atoms with E-state index in [2.05, 4.69) is 10.5 Å². The van der Waals surface area contributed by atoms with E-state index in [9.17, 15) is 31.9 Å². The van der Waals surface area contributed by atoms with E-state index < -0.39 is 34.9 Å². The molecule has 3 aromatic rings. The predicted octanol–water partition coefficient (Wildman–Crippen LogP) is 3.82. The van der Waals surface area contributed by atoms with E-state index in [0.29, 0.717) is 25.1 Å². The van der Waals surface area contributed by atoms with E-state index in [4.69, 9.17) is 0 Å². The van der Waals surface area contributed by atoms with Gasteiger partial charge >= 0.3 is 6.18 Å². The van der Waals surface area contributed by atoms with Crippen LogP contribution in [0, 0.1) is 5.82 Å². The van der Waals surface area contributed by atoms with Gasteiger partial charge in [-0.1, -0.05) is 38.0 Å². The van der Waals surface area contributed by atoms with Crippen molar-refractivity contribution in [1.29, 1.82) is 0 Å². The van der Waals surface area contributed by atoms with E-state index in [1.807, 2.05) is 12.3 Å². The lowest BCUT2D eigenvalue weighted by molar-refractivity contribution is -0.140. The molecule has 3 rings (SSSR count). The average molecular weight is 464 g/mol. The van der Waals surface area contributed by atoms with Gasteiger partial charge in [0.2, 0.25) is 0 Å². The summed E-state index contributed by atoms with van der Waals surface area (Å²) < 4.78 is 53.2. The van der Waals surface area contributed by atoms with Crippen molar-refractivity contribution in [3.8, 4) is 0 Å². The number of halogens is 4. The molecule has 0 spiro atoms. The van der Waals surface area contributed by atoms with Gasteiger partial charge in [-0.3, -0.25) is 25.2 Å². The summed E-state index contributed by atoms with van der Waals surface area (Å²) in [4.78, 5) is 37.6. The summed E-state index contributed by atoms with van der Waals surface area (Å²) in [6.07, 6.45) is -2.54. The zero-order valence-electron chi connectivity index (χ0n) is 17.5. The number of nitrogens with zero attached hydrogens (tertiary/aromatic N) is 2. The summed E-state index contributed by atoms with van der Waals surface area (Å²) in [5, 5.41) is 4.63. The second-order valence-corrected chi connectivity index (χ2v) is 7.23. The first-order valence-corrected chi connectivity index (χ1v) is 10.1. The van der Waals surface area contributed by atoms with Gasteiger partial charge in [0, 0.05) is 17.5 Å². The van der Waals surface area contributed by atoms with Gasteiger partial charge in [-0.05, 0) is 30.7 Å². The summed E-state index contributed by atoms with van der Waals surface area (Å²) in [6.45, 7) is 2.29. The number of hydrazine groups is 1. The molecule has 0 aliphatic carbocycles. The molecule has 0 aliphatic rings. The summed E-state index contributed by atoms with van der Waals surface area (Å²) in [6, 6.07) is 8.02. The fourth-order valence-electron chi connectivity index (χ4n) is 3.19. The standard InChI is InChI=1S/C22H20F4N4O3/c1-2-3-6-11-30-21(33)15-8-5-4-7-14(15)18(29-30)20(32)28-27-19(31)13-9-10-17(23)16(12-13)22(24,25)26/h4-5,7-10,12H,2-3,6,11H2,1H3,(H,27,31)(H,28,32). The van der Waals surface area contributed by atoms with E-state index >= 15 is 0 Å². The fraction of sp³-hybridized carbons (Fsp3) is 0.273.